The smallest absolute Gasteiger partial charge is 0.0558 e. The standard InChI is InChI=1S/C11H24N2O2/c14-10-8-13(9-11-15)7-6-12-4-2-1-3-5-12/h14-15H,1-11H2. The van der Waals surface area contributed by atoms with E-state index in [1.807, 2.05) is 0 Å². The van der Waals surface area contributed by atoms with E-state index in [-0.39, 0.29) is 13.2 Å². The normalized spacial score (nSPS) is 18.6. The third kappa shape index (κ3) is 5.47. The zero-order valence-electron chi connectivity index (χ0n) is 9.57. The van der Waals surface area contributed by atoms with E-state index in [1.54, 1.807) is 0 Å². The summed E-state index contributed by atoms with van der Waals surface area (Å²) in [5.74, 6) is 0. The highest BCUT2D eigenvalue weighted by Crippen LogP contribution is 2.07. The first-order chi connectivity index (χ1) is 7.36. The topological polar surface area (TPSA) is 46.9 Å². The molecular weight excluding hydrogens is 192 g/mol. The second-order valence-electron chi connectivity index (χ2n) is 4.19. The van der Waals surface area contributed by atoms with Crippen molar-refractivity contribution in [2.24, 2.45) is 0 Å². The molecule has 2 N–H and O–H groups in total. The van der Waals surface area contributed by atoms with Gasteiger partial charge >= 0.3 is 0 Å². The molecule has 0 amide bonds. The van der Waals surface area contributed by atoms with Crippen LogP contribution >= 0.6 is 0 Å². The molecule has 4 nitrogen and oxygen atoms in total. The van der Waals surface area contributed by atoms with Gasteiger partial charge in [-0.2, -0.15) is 0 Å². The van der Waals surface area contributed by atoms with Crippen molar-refractivity contribution >= 4 is 0 Å². The van der Waals surface area contributed by atoms with E-state index in [1.165, 1.54) is 32.4 Å². The van der Waals surface area contributed by atoms with Crippen molar-refractivity contribution in [2.45, 2.75) is 19.3 Å². The number of aliphatic hydroxyl groups excluding tert-OH is 2. The second-order valence-corrected chi connectivity index (χ2v) is 4.19. The van der Waals surface area contributed by atoms with Crippen LogP contribution in [0.4, 0.5) is 0 Å². The number of nitrogens with zero attached hydrogens (tertiary/aromatic N) is 2. The molecule has 0 atom stereocenters. The Morgan fingerprint density at radius 1 is 0.867 bits per heavy atom. The maximum absolute atomic E-state index is 8.86. The number of piperidine rings is 1. The molecule has 4 heteroatoms. The van der Waals surface area contributed by atoms with Crippen LogP contribution in [0.15, 0.2) is 0 Å². The van der Waals surface area contributed by atoms with Crippen LogP contribution in [0.3, 0.4) is 0 Å². The first-order valence-corrected chi connectivity index (χ1v) is 6.03. The minimum Gasteiger partial charge on any atom is -0.395 e. The lowest BCUT2D eigenvalue weighted by atomic mass is 10.1. The van der Waals surface area contributed by atoms with Crippen LogP contribution in [-0.4, -0.2) is 72.5 Å². The summed E-state index contributed by atoms with van der Waals surface area (Å²) in [6.45, 7) is 6.17. The monoisotopic (exact) mass is 216 g/mol. The molecule has 0 aromatic rings. The van der Waals surface area contributed by atoms with Crippen molar-refractivity contribution in [2.75, 3.05) is 52.5 Å². The van der Waals surface area contributed by atoms with E-state index in [2.05, 4.69) is 9.80 Å². The molecule has 0 spiro atoms. The molecule has 0 aliphatic carbocycles. The van der Waals surface area contributed by atoms with Crippen LogP contribution in [0.1, 0.15) is 19.3 Å². The zero-order valence-corrected chi connectivity index (χ0v) is 9.57. The molecule has 0 unspecified atom stereocenters. The van der Waals surface area contributed by atoms with Gasteiger partial charge in [0.05, 0.1) is 13.2 Å². The second kappa shape index (κ2) is 8.05. The summed E-state index contributed by atoms with van der Waals surface area (Å²) in [6.07, 6.45) is 4.01. The minimum atomic E-state index is 0.181. The summed E-state index contributed by atoms with van der Waals surface area (Å²) in [7, 11) is 0. The van der Waals surface area contributed by atoms with E-state index in [4.69, 9.17) is 10.2 Å². The fraction of sp³-hybridized carbons (Fsp3) is 1.00. The van der Waals surface area contributed by atoms with E-state index in [0.717, 1.165) is 13.1 Å². The lowest BCUT2D eigenvalue weighted by Gasteiger charge is -2.29. The molecule has 0 saturated carbocycles. The first kappa shape index (κ1) is 12.9. The van der Waals surface area contributed by atoms with Crippen molar-refractivity contribution < 1.29 is 10.2 Å². The third-order valence-electron chi connectivity index (χ3n) is 3.01. The Bertz CT molecular complexity index is 144. The van der Waals surface area contributed by atoms with Crippen molar-refractivity contribution in [3.05, 3.63) is 0 Å². The molecule has 15 heavy (non-hydrogen) atoms. The van der Waals surface area contributed by atoms with Gasteiger partial charge in [0.25, 0.3) is 0 Å². The number of likely N-dealkylation sites (tertiary alicyclic amines) is 1. The molecule has 0 radical (unpaired) electrons. The van der Waals surface area contributed by atoms with Crippen LogP contribution in [-0.2, 0) is 0 Å². The maximum atomic E-state index is 8.86. The Balaban J connectivity index is 2.13. The summed E-state index contributed by atoms with van der Waals surface area (Å²) in [4.78, 5) is 4.60. The average Bonchev–Trinajstić information content (AvgIpc) is 2.28. The van der Waals surface area contributed by atoms with Crippen LogP contribution in [0, 0.1) is 0 Å². The quantitative estimate of drug-likeness (QED) is 0.616. The number of aliphatic hydroxyl groups is 2. The molecule has 0 bridgehead atoms. The third-order valence-corrected chi connectivity index (χ3v) is 3.01. The van der Waals surface area contributed by atoms with Gasteiger partial charge in [-0.15, -0.1) is 0 Å². The largest absolute Gasteiger partial charge is 0.395 e. The molecule has 1 rings (SSSR count). The SMILES string of the molecule is OCCN(CCO)CCN1CCCCC1. The van der Waals surface area contributed by atoms with Gasteiger partial charge in [0, 0.05) is 26.2 Å². The highest BCUT2D eigenvalue weighted by atomic mass is 16.3. The Kier molecular flexibility index (Phi) is 6.92. The van der Waals surface area contributed by atoms with E-state index < -0.39 is 0 Å². The number of hydrogen-bond acceptors (Lipinski definition) is 4. The Morgan fingerprint density at radius 2 is 1.47 bits per heavy atom. The van der Waals surface area contributed by atoms with Crippen molar-refractivity contribution in [3.8, 4) is 0 Å². The van der Waals surface area contributed by atoms with Gasteiger partial charge in [-0.25, -0.2) is 0 Å². The lowest BCUT2D eigenvalue weighted by Crippen LogP contribution is -2.39. The zero-order chi connectivity index (χ0) is 10.9. The molecule has 1 aliphatic heterocycles. The fourth-order valence-electron chi connectivity index (χ4n) is 2.08. The van der Waals surface area contributed by atoms with Crippen LogP contribution in [0.25, 0.3) is 0 Å². The predicted octanol–water partition coefficient (Wildman–Crippen LogP) is -0.241. The van der Waals surface area contributed by atoms with Gasteiger partial charge in [-0.05, 0) is 25.9 Å². The predicted molar refractivity (Wildman–Crippen MR) is 60.9 cm³/mol. The van der Waals surface area contributed by atoms with Gasteiger partial charge in [-0.3, -0.25) is 4.90 Å². The van der Waals surface area contributed by atoms with Gasteiger partial charge < -0.3 is 15.1 Å². The van der Waals surface area contributed by atoms with Gasteiger partial charge in [-0.1, -0.05) is 6.42 Å². The average molecular weight is 216 g/mol. The van der Waals surface area contributed by atoms with Gasteiger partial charge in [0.2, 0.25) is 0 Å². The van der Waals surface area contributed by atoms with Crippen LogP contribution in [0.5, 0.6) is 0 Å². The molecule has 1 heterocycles. The van der Waals surface area contributed by atoms with Crippen molar-refractivity contribution in [1.29, 1.82) is 0 Å². The Hall–Kier alpha value is -0.160. The van der Waals surface area contributed by atoms with Crippen molar-refractivity contribution in [1.82, 2.24) is 9.80 Å². The molecule has 0 aromatic heterocycles. The molecule has 1 saturated heterocycles. The van der Waals surface area contributed by atoms with E-state index in [9.17, 15) is 0 Å². The Morgan fingerprint density at radius 3 is 2.00 bits per heavy atom. The van der Waals surface area contributed by atoms with Gasteiger partial charge in [0.1, 0.15) is 0 Å². The molecule has 1 fully saturated rings. The van der Waals surface area contributed by atoms with Crippen molar-refractivity contribution in [3.63, 3.8) is 0 Å². The van der Waals surface area contributed by atoms with Gasteiger partial charge in [0.15, 0.2) is 0 Å². The van der Waals surface area contributed by atoms with Crippen LogP contribution in [0.2, 0.25) is 0 Å². The fourth-order valence-corrected chi connectivity index (χ4v) is 2.08. The Labute approximate surface area is 92.5 Å². The summed E-state index contributed by atoms with van der Waals surface area (Å²) in [6, 6.07) is 0. The molecule has 90 valence electrons. The first-order valence-electron chi connectivity index (χ1n) is 6.03. The van der Waals surface area contributed by atoms with E-state index in [0.29, 0.717) is 13.1 Å². The maximum Gasteiger partial charge on any atom is 0.0558 e. The summed E-state index contributed by atoms with van der Waals surface area (Å²) in [5, 5.41) is 17.7. The number of rotatable bonds is 7. The molecular formula is C11H24N2O2. The summed E-state index contributed by atoms with van der Waals surface area (Å²) in [5.41, 5.74) is 0. The number of hydrogen-bond donors (Lipinski definition) is 2. The molecule has 0 aromatic carbocycles. The highest BCUT2D eigenvalue weighted by Gasteiger charge is 2.11. The van der Waals surface area contributed by atoms with Crippen LogP contribution < -0.4 is 0 Å². The minimum absolute atomic E-state index is 0.181. The lowest BCUT2D eigenvalue weighted by molar-refractivity contribution is 0.136. The summed E-state index contributed by atoms with van der Waals surface area (Å²) < 4.78 is 0. The van der Waals surface area contributed by atoms with E-state index >= 15 is 0 Å². The highest BCUT2D eigenvalue weighted by molar-refractivity contribution is 4.67. The molecule has 1 aliphatic rings. The summed E-state index contributed by atoms with van der Waals surface area (Å²) >= 11 is 0.